The van der Waals surface area contributed by atoms with Gasteiger partial charge in [0.05, 0.1) is 0 Å². The van der Waals surface area contributed by atoms with E-state index in [4.69, 9.17) is 5.53 Å². The second-order valence-electron chi connectivity index (χ2n) is 4.68. The Kier molecular flexibility index (Phi) is 3.92. The van der Waals surface area contributed by atoms with E-state index >= 15 is 0 Å². The number of benzene rings is 1. The van der Waals surface area contributed by atoms with Crippen molar-refractivity contribution < 1.29 is 14.0 Å². The molecule has 3 nitrogen and oxygen atoms in total. The van der Waals surface area contributed by atoms with Crippen LogP contribution in [0.25, 0.3) is 5.53 Å². The molecule has 0 fully saturated rings. The molecular formula is C13H15FN2O. The molecule has 0 N–H and O–H groups in total. The number of carbonyl (C=O) groups excluding carboxylic acids is 1. The standard InChI is InChI=1S/C13H15FN2O/c1-9(16-15)12(17)8-13(2,3)10-4-6-11(14)7-5-10/h4-7H,8H2,1-3H3. The van der Waals surface area contributed by atoms with Crippen LogP contribution in [0.15, 0.2) is 24.3 Å². The van der Waals surface area contributed by atoms with Gasteiger partial charge in [0.2, 0.25) is 5.78 Å². The Morgan fingerprint density at radius 1 is 1.35 bits per heavy atom. The van der Waals surface area contributed by atoms with Gasteiger partial charge in [-0.3, -0.25) is 4.79 Å². The number of carbonyl (C=O) groups is 1. The number of halogens is 1. The van der Waals surface area contributed by atoms with E-state index in [-0.39, 0.29) is 23.7 Å². The average Bonchev–Trinajstić information content (AvgIpc) is 2.27. The van der Waals surface area contributed by atoms with E-state index in [2.05, 4.69) is 4.79 Å². The molecule has 90 valence electrons. The Balaban J connectivity index is 2.92. The van der Waals surface area contributed by atoms with Gasteiger partial charge in [-0.05, 0) is 23.1 Å². The maximum absolute atomic E-state index is 12.8. The molecule has 0 bridgehead atoms. The third kappa shape index (κ3) is 3.33. The summed E-state index contributed by atoms with van der Waals surface area (Å²) in [6, 6.07) is 6.06. The highest BCUT2D eigenvalue weighted by molar-refractivity contribution is 6.36. The Morgan fingerprint density at radius 3 is 2.35 bits per heavy atom. The van der Waals surface area contributed by atoms with Crippen LogP contribution in [0.1, 0.15) is 32.8 Å². The first-order chi connectivity index (χ1) is 7.86. The van der Waals surface area contributed by atoms with Crippen molar-refractivity contribution in [3.63, 3.8) is 0 Å². The van der Waals surface area contributed by atoms with E-state index in [1.165, 1.54) is 19.1 Å². The lowest BCUT2D eigenvalue weighted by Gasteiger charge is -2.23. The summed E-state index contributed by atoms with van der Waals surface area (Å²) >= 11 is 0. The fourth-order valence-corrected chi connectivity index (χ4v) is 1.59. The Labute approximate surface area is 99.9 Å². The molecule has 1 rings (SSSR count). The monoisotopic (exact) mass is 234 g/mol. The van der Waals surface area contributed by atoms with Crippen LogP contribution in [0.2, 0.25) is 0 Å². The highest BCUT2D eigenvalue weighted by Crippen LogP contribution is 2.27. The van der Waals surface area contributed by atoms with Crippen molar-refractivity contribution >= 4 is 11.5 Å². The van der Waals surface area contributed by atoms with Gasteiger partial charge in [0, 0.05) is 13.3 Å². The van der Waals surface area contributed by atoms with Gasteiger partial charge in [0.1, 0.15) is 5.82 Å². The van der Waals surface area contributed by atoms with Crippen LogP contribution in [0.5, 0.6) is 0 Å². The molecule has 0 amide bonds. The van der Waals surface area contributed by atoms with Crippen LogP contribution in [-0.2, 0) is 10.2 Å². The van der Waals surface area contributed by atoms with Gasteiger partial charge in [-0.15, -0.1) is 0 Å². The Hall–Kier alpha value is -1.80. The molecule has 0 radical (unpaired) electrons. The summed E-state index contributed by atoms with van der Waals surface area (Å²) in [5, 5.41) is 0. The van der Waals surface area contributed by atoms with Crippen LogP contribution in [-0.4, -0.2) is 16.3 Å². The van der Waals surface area contributed by atoms with Crippen molar-refractivity contribution in [2.24, 2.45) is 0 Å². The van der Waals surface area contributed by atoms with E-state index in [1.54, 1.807) is 12.1 Å². The Bertz CT molecular complexity index is 471. The average molecular weight is 234 g/mol. The number of nitrogens with zero attached hydrogens (tertiary/aromatic N) is 2. The predicted octanol–water partition coefficient (Wildman–Crippen LogP) is 2.75. The zero-order valence-electron chi connectivity index (χ0n) is 10.2. The van der Waals surface area contributed by atoms with Gasteiger partial charge in [0.25, 0.3) is 0 Å². The topological polar surface area (TPSA) is 53.5 Å². The van der Waals surface area contributed by atoms with Crippen molar-refractivity contribution in [2.45, 2.75) is 32.6 Å². The third-order valence-electron chi connectivity index (χ3n) is 2.78. The van der Waals surface area contributed by atoms with Crippen molar-refractivity contribution in [2.75, 3.05) is 0 Å². The predicted molar refractivity (Wildman–Crippen MR) is 63.4 cm³/mol. The number of Topliss-reactive ketones (excluding diaryl/α,β-unsaturated/α-hetero) is 1. The highest BCUT2D eigenvalue weighted by Gasteiger charge is 2.27. The summed E-state index contributed by atoms with van der Waals surface area (Å²) < 4.78 is 12.8. The van der Waals surface area contributed by atoms with Crippen molar-refractivity contribution in [1.82, 2.24) is 0 Å². The van der Waals surface area contributed by atoms with Gasteiger partial charge in [0.15, 0.2) is 0 Å². The largest absolute Gasteiger partial charge is 0.361 e. The first kappa shape index (κ1) is 13.3. The number of ketones is 1. The molecule has 4 heteroatoms. The SMILES string of the molecule is CC(=[N+]=[N-])C(=O)CC(C)(C)c1ccc(F)cc1. The van der Waals surface area contributed by atoms with Crippen molar-refractivity contribution in [3.05, 3.63) is 41.2 Å². The molecule has 0 saturated heterocycles. The summed E-state index contributed by atoms with van der Waals surface area (Å²) in [7, 11) is 0. The van der Waals surface area contributed by atoms with Crippen LogP contribution < -0.4 is 0 Å². The van der Waals surface area contributed by atoms with E-state index in [1.807, 2.05) is 13.8 Å². The molecule has 0 saturated carbocycles. The summed E-state index contributed by atoms with van der Waals surface area (Å²) in [5.41, 5.74) is 9.06. The van der Waals surface area contributed by atoms with Gasteiger partial charge < -0.3 is 5.53 Å². The lowest BCUT2D eigenvalue weighted by molar-refractivity contribution is -0.118. The summed E-state index contributed by atoms with van der Waals surface area (Å²) in [5.74, 6) is -0.522. The number of rotatable bonds is 4. The fraction of sp³-hybridized carbons (Fsp3) is 0.385. The highest BCUT2D eigenvalue weighted by atomic mass is 19.1. The molecule has 0 aliphatic rings. The molecule has 0 aliphatic carbocycles. The minimum atomic E-state index is -0.420. The van der Waals surface area contributed by atoms with E-state index in [0.29, 0.717) is 0 Å². The lowest BCUT2D eigenvalue weighted by atomic mass is 9.79. The molecule has 0 unspecified atom stereocenters. The normalized spacial score (nSPS) is 10.8. The van der Waals surface area contributed by atoms with Crippen molar-refractivity contribution in [3.8, 4) is 0 Å². The molecule has 0 atom stereocenters. The minimum Gasteiger partial charge on any atom is -0.361 e. The van der Waals surface area contributed by atoms with Crippen molar-refractivity contribution in [1.29, 1.82) is 0 Å². The second kappa shape index (κ2) is 5.02. The summed E-state index contributed by atoms with van der Waals surface area (Å²) in [6.07, 6.45) is 0.217. The molecular weight excluding hydrogens is 219 g/mol. The first-order valence-electron chi connectivity index (χ1n) is 5.35. The smallest absolute Gasteiger partial charge is 0.331 e. The van der Waals surface area contributed by atoms with Gasteiger partial charge >= 0.3 is 5.71 Å². The zero-order valence-corrected chi connectivity index (χ0v) is 10.2. The van der Waals surface area contributed by atoms with Crippen LogP contribution in [0, 0.1) is 5.82 Å². The lowest BCUT2D eigenvalue weighted by Crippen LogP contribution is -2.25. The molecule has 1 aromatic rings. The summed E-state index contributed by atoms with van der Waals surface area (Å²) in [4.78, 5) is 14.6. The summed E-state index contributed by atoms with van der Waals surface area (Å²) in [6.45, 7) is 5.24. The maximum atomic E-state index is 12.8. The van der Waals surface area contributed by atoms with E-state index in [9.17, 15) is 9.18 Å². The number of hydrogen-bond donors (Lipinski definition) is 0. The van der Waals surface area contributed by atoms with Crippen LogP contribution in [0.3, 0.4) is 0 Å². The quantitative estimate of drug-likeness (QED) is 0.449. The number of hydrogen-bond acceptors (Lipinski definition) is 1. The van der Waals surface area contributed by atoms with E-state index in [0.717, 1.165) is 5.56 Å². The van der Waals surface area contributed by atoms with Gasteiger partial charge in [-0.1, -0.05) is 26.0 Å². The maximum Gasteiger partial charge on any atom is 0.331 e. The molecule has 0 aromatic heterocycles. The third-order valence-corrected chi connectivity index (χ3v) is 2.78. The molecule has 0 heterocycles. The molecule has 17 heavy (non-hydrogen) atoms. The zero-order chi connectivity index (χ0) is 13.1. The van der Waals surface area contributed by atoms with E-state index < -0.39 is 5.41 Å². The van der Waals surface area contributed by atoms with Crippen LogP contribution in [0.4, 0.5) is 4.39 Å². The second-order valence-corrected chi connectivity index (χ2v) is 4.68. The molecule has 0 aliphatic heterocycles. The first-order valence-corrected chi connectivity index (χ1v) is 5.35. The minimum absolute atomic E-state index is 0.0835. The van der Waals surface area contributed by atoms with Gasteiger partial charge in [-0.2, -0.15) is 4.79 Å². The van der Waals surface area contributed by atoms with Gasteiger partial charge in [-0.25, -0.2) is 4.39 Å². The molecule has 0 spiro atoms. The molecule has 1 aromatic carbocycles. The van der Waals surface area contributed by atoms with Crippen LogP contribution >= 0.6 is 0 Å². The Morgan fingerprint density at radius 2 is 1.88 bits per heavy atom. The fourth-order valence-electron chi connectivity index (χ4n) is 1.59.